The molecule has 1 aromatic heterocycles. The molecule has 0 saturated carbocycles. The quantitative estimate of drug-likeness (QED) is 0.827. The number of nitrogen functional groups attached to an aromatic ring is 1. The van der Waals surface area contributed by atoms with E-state index in [2.05, 4.69) is 10.3 Å². The number of rotatable bonds is 2. The molecule has 0 saturated heterocycles. The molecule has 1 heterocycles. The van der Waals surface area contributed by atoms with Gasteiger partial charge in [-0.2, -0.15) is 0 Å². The number of pyridine rings is 1. The van der Waals surface area contributed by atoms with Gasteiger partial charge < -0.3 is 11.1 Å². The van der Waals surface area contributed by atoms with E-state index < -0.39 is 0 Å². The van der Waals surface area contributed by atoms with Crippen LogP contribution in [0.25, 0.3) is 0 Å². The molecule has 1 amide bonds. The minimum atomic E-state index is -0.324. The molecule has 0 aliphatic heterocycles. The summed E-state index contributed by atoms with van der Waals surface area (Å²) in [6, 6.07) is 8.68. The van der Waals surface area contributed by atoms with E-state index in [-0.39, 0.29) is 10.9 Å². The highest BCUT2D eigenvalue weighted by Crippen LogP contribution is 2.23. The normalized spacial score (nSPS) is 10.3. The van der Waals surface area contributed by atoms with Crippen LogP contribution in [-0.2, 0) is 0 Å². The molecule has 0 radical (unpaired) electrons. The first kappa shape index (κ1) is 13.4. The molecule has 2 rings (SSSR count). The zero-order chi connectivity index (χ0) is 14.0. The van der Waals surface area contributed by atoms with E-state index in [0.29, 0.717) is 17.1 Å². The van der Waals surface area contributed by atoms with Crippen molar-refractivity contribution in [2.75, 3.05) is 11.1 Å². The first-order valence-electron chi connectivity index (χ1n) is 5.78. The Hall–Kier alpha value is -2.07. The summed E-state index contributed by atoms with van der Waals surface area (Å²) in [5, 5.41) is 2.97. The number of nitrogens with zero attached hydrogens (tertiary/aromatic N) is 1. The third kappa shape index (κ3) is 3.03. The summed E-state index contributed by atoms with van der Waals surface area (Å²) in [6.45, 7) is 3.81. The van der Waals surface area contributed by atoms with Crippen molar-refractivity contribution in [3.8, 4) is 0 Å². The van der Waals surface area contributed by atoms with Crippen molar-refractivity contribution >= 4 is 29.0 Å². The predicted molar refractivity (Wildman–Crippen MR) is 77.5 cm³/mol. The fourth-order valence-corrected chi connectivity index (χ4v) is 2.03. The number of aryl methyl sites for hydroxylation is 2. The SMILES string of the molecule is Cc1cc(C)nc(NC(=O)c2cccc(N)c2Cl)c1. The molecule has 0 bridgehead atoms. The number of nitrogens with two attached hydrogens (primary N) is 1. The number of hydrogen-bond acceptors (Lipinski definition) is 3. The first-order chi connectivity index (χ1) is 8.97. The van der Waals surface area contributed by atoms with Crippen molar-refractivity contribution in [2.24, 2.45) is 0 Å². The Morgan fingerprint density at radius 3 is 2.74 bits per heavy atom. The van der Waals surface area contributed by atoms with Gasteiger partial charge in [0, 0.05) is 5.69 Å². The predicted octanol–water partition coefficient (Wildman–Crippen LogP) is 3.19. The largest absolute Gasteiger partial charge is 0.398 e. The monoisotopic (exact) mass is 275 g/mol. The lowest BCUT2D eigenvalue weighted by Crippen LogP contribution is -2.14. The third-order valence-corrected chi connectivity index (χ3v) is 3.03. The number of amides is 1. The van der Waals surface area contributed by atoms with E-state index in [9.17, 15) is 4.79 Å². The van der Waals surface area contributed by atoms with Crippen LogP contribution < -0.4 is 11.1 Å². The molecular weight excluding hydrogens is 262 g/mol. The number of benzene rings is 1. The molecule has 0 atom stereocenters. The number of carbonyl (C=O) groups excluding carboxylic acids is 1. The third-order valence-electron chi connectivity index (χ3n) is 2.61. The Balaban J connectivity index is 2.28. The van der Waals surface area contributed by atoms with Gasteiger partial charge in [0.1, 0.15) is 5.82 Å². The smallest absolute Gasteiger partial charge is 0.258 e. The Morgan fingerprint density at radius 1 is 1.32 bits per heavy atom. The molecule has 5 heteroatoms. The standard InChI is InChI=1S/C14H14ClN3O/c1-8-6-9(2)17-12(7-8)18-14(19)10-4-3-5-11(16)13(10)15/h3-7H,16H2,1-2H3,(H,17,18,19). The average Bonchev–Trinajstić information content (AvgIpc) is 2.31. The highest BCUT2D eigenvalue weighted by molar-refractivity contribution is 6.36. The van der Waals surface area contributed by atoms with E-state index in [1.165, 1.54) is 0 Å². The number of anilines is 2. The molecule has 0 spiro atoms. The summed E-state index contributed by atoms with van der Waals surface area (Å²) in [5.74, 6) is 0.177. The van der Waals surface area contributed by atoms with Gasteiger partial charge in [0.05, 0.1) is 16.3 Å². The molecule has 3 N–H and O–H groups in total. The van der Waals surface area contributed by atoms with Gasteiger partial charge in [-0.05, 0) is 43.7 Å². The van der Waals surface area contributed by atoms with E-state index >= 15 is 0 Å². The van der Waals surface area contributed by atoms with Crippen molar-refractivity contribution in [1.29, 1.82) is 0 Å². The van der Waals surface area contributed by atoms with Crippen molar-refractivity contribution in [1.82, 2.24) is 4.98 Å². The maximum absolute atomic E-state index is 12.1. The molecule has 2 aromatic rings. The lowest BCUT2D eigenvalue weighted by molar-refractivity contribution is 0.102. The molecule has 0 aliphatic rings. The van der Waals surface area contributed by atoms with Crippen LogP contribution >= 0.6 is 11.6 Å². The first-order valence-corrected chi connectivity index (χ1v) is 6.16. The lowest BCUT2D eigenvalue weighted by atomic mass is 10.2. The Labute approximate surface area is 116 Å². The van der Waals surface area contributed by atoms with Gasteiger partial charge >= 0.3 is 0 Å². The number of carbonyl (C=O) groups is 1. The molecule has 98 valence electrons. The van der Waals surface area contributed by atoms with Crippen LogP contribution in [0.2, 0.25) is 5.02 Å². The van der Waals surface area contributed by atoms with Crippen LogP contribution in [0.4, 0.5) is 11.5 Å². The summed E-state index contributed by atoms with van der Waals surface area (Å²) < 4.78 is 0. The number of halogens is 1. The average molecular weight is 276 g/mol. The minimum Gasteiger partial charge on any atom is -0.398 e. The van der Waals surface area contributed by atoms with Gasteiger partial charge in [-0.25, -0.2) is 4.98 Å². The van der Waals surface area contributed by atoms with Gasteiger partial charge in [0.2, 0.25) is 0 Å². The lowest BCUT2D eigenvalue weighted by Gasteiger charge is -2.08. The van der Waals surface area contributed by atoms with E-state index in [1.807, 2.05) is 19.9 Å². The Kier molecular flexibility index (Phi) is 3.71. The molecule has 0 fully saturated rings. The molecule has 0 aliphatic carbocycles. The van der Waals surface area contributed by atoms with E-state index in [1.54, 1.807) is 24.3 Å². The van der Waals surface area contributed by atoms with Gasteiger partial charge in [-0.15, -0.1) is 0 Å². The van der Waals surface area contributed by atoms with E-state index in [4.69, 9.17) is 17.3 Å². The summed E-state index contributed by atoms with van der Waals surface area (Å²) in [4.78, 5) is 16.4. The van der Waals surface area contributed by atoms with Crippen molar-refractivity contribution in [2.45, 2.75) is 13.8 Å². The maximum Gasteiger partial charge on any atom is 0.258 e. The molecule has 1 aromatic carbocycles. The van der Waals surface area contributed by atoms with Crippen molar-refractivity contribution in [3.63, 3.8) is 0 Å². The van der Waals surface area contributed by atoms with Crippen molar-refractivity contribution in [3.05, 3.63) is 52.2 Å². The summed E-state index contributed by atoms with van der Waals surface area (Å²) >= 11 is 6.01. The minimum absolute atomic E-state index is 0.254. The topological polar surface area (TPSA) is 68.0 Å². The summed E-state index contributed by atoms with van der Waals surface area (Å²) in [5.41, 5.74) is 8.26. The van der Waals surface area contributed by atoms with Gasteiger partial charge in [0.15, 0.2) is 0 Å². The fourth-order valence-electron chi connectivity index (χ4n) is 1.81. The van der Waals surface area contributed by atoms with Crippen LogP contribution in [0.3, 0.4) is 0 Å². The highest BCUT2D eigenvalue weighted by Gasteiger charge is 2.13. The second-order valence-electron chi connectivity index (χ2n) is 4.33. The number of hydrogen-bond donors (Lipinski definition) is 2. The van der Waals surface area contributed by atoms with Crippen LogP contribution in [0.1, 0.15) is 21.6 Å². The maximum atomic E-state index is 12.1. The van der Waals surface area contributed by atoms with Crippen LogP contribution in [-0.4, -0.2) is 10.9 Å². The summed E-state index contributed by atoms with van der Waals surface area (Å²) in [6.07, 6.45) is 0. The Morgan fingerprint density at radius 2 is 2.05 bits per heavy atom. The molecule has 4 nitrogen and oxygen atoms in total. The molecule has 19 heavy (non-hydrogen) atoms. The zero-order valence-electron chi connectivity index (χ0n) is 10.7. The Bertz CT molecular complexity index is 620. The zero-order valence-corrected chi connectivity index (χ0v) is 11.5. The molecule has 0 unspecified atom stereocenters. The summed E-state index contributed by atoms with van der Waals surface area (Å²) in [7, 11) is 0. The van der Waals surface area contributed by atoms with Crippen molar-refractivity contribution < 1.29 is 4.79 Å². The van der Waals surface area contributed by atoms with Gasteiger partial charge in [0.25, 0.3) is 5.91 Å². The van der Waals surface area contributed by atoms with Gasteiger partial charge in [-0.3, -0.25) is 4.79 Å². The highest BCUT2D eigenvalue weighted by atomic mass is 35.5. The van der Waals surface area contributed by atoms with E-state index in [0.717, 1.165) is 11.3 Å². The number of aromatic nitrogens is 1. The van der Waals surface area contributed by atoms with Crippen LogP contribution in [0.5, 0.6) is 0 Å². The molecular formula is C14H14ClN3O. The second kappa shape index (κ2) is 5.28. The fraction of sp³-hybridized carbons (Fsp3) is 0.143. The van der Waals surface area contributed by atoms with Gasteiger partial charge in [-0.1, -0.05) is 17.7 Å². The number of nitrogens with one attached hydrogen (secondary N) is 1. The second-order valence-corrected chi connectivity index (χ2v) is 4.71. The van der Waals surface area contributed by atoms with Crippen LogP contribution in [0.15, 0.2) is 30.3 Å². The van der Waals surface area contributed by atoms with Crippen LogP contribution in [0, 0.1) is 13.8 Å².